The predicted molar refractivity (Wildman–Crippen MR) is 165 cm³/mol. The standard InChI is InChI=1S/C32H30FN3O4S2/c1-20(41-23-12-8-11-22(17-23)34-30(38)24-13-6-7-14-26(24)33)29(37)35-31-28(32(39)40-2)25-15-16-36(19-27(25)42-31)18-21-9-4-3-5-10-21/h3-14,17,20H,15-16,18-19H2,1-2H3,(H,34,38)(H,35,37). The molecule has 3 aromatic carbocycles. The van der Waals surface area contributed by atoms with E-state index in [1.165, 1.54) is 54.0 Å². The van der Waals surface area contributed by atoms with Crippen LogP contribution in [-0.4, -0.2) is 41.6 Å². The quantitative estimate of drug-likeness (QED) is 0.166. The van der Waals surface area contributed by atoms with Crippen molar-refractivity contribution in [2.24, 2.45) is 0 Å². The normalized spacial score (nSPS) is 13.6. The topological polar surface area (TPSA) is 87.7 Å². The Morgan fingerprint density at radius 2 is 1.79 bits per heavy atom. The zero-order valence-corrected chi connectivity index (χ0v) is 24.8. The van der Waals surface area contributed by atoms with Gasteiger partial charge in [0.05, 0.1) is 23.5 Å². The van der Waals surface area contributed by atoms with E-state index in [1.54, 1.807) is 31.2 Å². The first kappa shape index (κ1) is 29.5. The molecule has 10 heteroatoms. The van der Waals surface area contributed by atoms with E-state index in [1.807, 2.05) is 24.3 Å². The van der Waals surface area contributed by atoms with Crippen molar-refractivity contribution in [1.82, 2.24) is 4.90 Å². The molecule has 42 heavy (non-hydrogen) atoms. The number of hydrogen-bond donors (Lipinski definition) is 2. The summed E-state index contributed by atoms with van der Waals surface area (Å²) in [5.41, 5.74) is 3.03. The molecule has 4 aromatic rings. The van der Waals surface area contributed by atoms with E-state index in [-0.39, 0.29) is 11.5 Å². The highest BCUT2D eigenvalue weighted by molar-refractivity contribution is 8.00. The van der Waals surface area contributed by atoms with Crippen molar-refractivity contribution < 1.29 is 23.5 Å². The second kappa shape index (κ2) is 13.3. The maximum absolute atomic E-state index is 14.0. The number of nitrogens with zero attached hydrogens (tertiary/aromatic N) is 1. The van der Waals surface area contributed by atoms with Crippen LogP contribution in [-0.2, 0) is 29.0 Å². The molecule has 1 aliphatic rings. The van der Waals surface area contributed by atoms with E-state index in [9.17, 15) is 18.8 Å². The van der Waals surface area contributed by atoms with Crippen LogP contribution < -0.4 is 10.6 Å². The number of fused-ring (bicyclic) bond motifs is 1. The largest absolute Gasteiger partial charge is 0.465 e. The molecule has 1 aromatic heterocycles. The van der Waals surface area contributed by atoms with Crippen LogP contribution >= 0.6 is 23.1 Å². The van der Waals surface area contributed by atoms with Crippen molar-refractivity contribution in [1.29, 1.82) is 0 Å². The molecule has 1 aliphatic heterocycles. The number of ether oxygens (including phenoxy) is 1. The van der Waals surface area contributed by atoms with Crippen LogP contribution in [0.2, 0.25) is 0 Å². The summed E-state index contributed by atoms with van der Waals surface area (Å²) in [7, 11) is 1.35. The Kier molecular flexibility index (Phi) is 9.36. The molecule has 5 rings (SSSR count). The summed E-state index contributed by atoms with van der Waals surface area (Å²) >= 11 is 2.73. The van der Waals surface area contributed by atoms with Gasteiger partial charge in [-0.05, 0) is 54.8 Å². The fourth-order valence-electron chi connectivity index (χ4n) is 4.80. The Balaban J connectivity index is 1.26. The van der Waals surface area contributed by atoms with E-state index in [0.29, 0.717) is 29.2 Å². The molecule has 0 fully saturated rings. The van der Waals surface area contributed by atoms with Gasteiger partial charge in [0.2, 0.25) is 5.91 Å². The average molecular weight is 604 g/mol. The van der Waals surface area contributed by atoms with Crippen LogP contribution in [0.3, 0.4) is 0 Å². The number of amides is 2. The highest BCUT2D eigenvalue weighted by atomic mass is 32.2. The summed E-state index contributed by atoms with van der Waals surface area (Å²) in [6.45, 7) is 4.06. The molecule has 2 N–H and O–H groups in total. The predicted octanol–water partition coefficient (Wildman–Crippen LogP) is 6.60. The second-order valence-electron chi connectivity index (χ2n) is 9.86. The lowest BCUT2D eigenvalue weighted by Gasteiger charge is -2.27. The van der Waals surface area contributed by atoms with Gasteiger partial charge >= 0.3 is 5.97 Å². The molecular formula is C32H30FN3O4S2. The van der Waals surface area contributed by atoms with Crippen molar-refractivity contribution >= 4 is 51.6 Å². The number of anilines is 2. The molecule has 0 aliphatic carbocycles. The molecule has 0 spiro atoms. The van der Waals surface area contributed by atoms with Crippen LogP contribution in [0.5, 0.6) is 0 Å². The second-order valence-corrected chi connectivity index (χ2v) is 12.4. The third-order valence-corrected chi connectivity index (χ3v) is 9.13. The molecular weight excluding hydrogens is 574 g/mol. The monoisotopic (exact) mass is 603 g/mol. The van der Waals surface area contributed by atoms with Crippen molar-refractivity contribution in [3.05, 3.63) is 112 Å². The molecule has 0 saturated heterocycles. The van der Waals surface area contributed by atoms with E-state index < -0.39 is 22.9 Å². The van der Waals surface area contributed by atoms with Gasteiger partial charge in [0.25, 0.3) is 5.91 Å². The first-order valence-corrected chi connectivity index (χ1v) is 15.1. The number of nitrogens with one attached hydrogen (secondary N) is 2. The average Bonchev–Trinajstić information content (AvgIpc) is 3.34. The number of thiophene rings is 1. The summed E-state index contributed by atoms with van der Waals surface area (Å²) in [6, 6.07) is 23.0. The highest BCUT2D eigenvalue weighted by Crippen LogP contribution is 2.38. The lowest BCUT2D eigenvalue weighted by atomic mass is 10.0. The van der Waals surface area contributed by atoms with E-state index >= 15 is 0 Å². The van der Waals surface area contributed by atoms with Gasteiger partial charge in [-0.1, -0.05) is 48.5 Å². The zero-order chi connectivity index (χ0) is 29.6. The number of benzene rings is 3. The van der Waals surface area contributed by atoms with E-state index in [0.717, 1.165) is 28.4 Å². The van der Waals surface area contributed by atoms with Gasteiger partial charge < -0.3 is 15.4 Å². The maximum atomic E-state index is 14.0. The van der Waals surface area contributed by atoms with Crippen molar-refractivity contribution in [2.75, 3.05) is 24.3 Å². The number of halogens is 1. The highest BCUT2D eigenvalue weighted by Gasteiger charge is 2.30. The smallest absolute Gasteiger partial charge is 0.341 e. The molecule has 1 atom stereocenters. The number of carbonyl (C=O) groups is 3. The SMILES string of the molecule is COC(=O)c1c(NC(=O)C(C)Sc2cccc(NC(=O)c3ccccc3F)c2)sc2c1CCN(Cc1ccccc1)C2. The molecule has 216 valence electrons. The van der Waals surface area contributed by atoms with Gasteiger partial charge in [-0.25, -0.2) is 9.18 Å². The number of carbonyl (C=O) groups excluding carboxylic acids is 3. The lowest BCUT2D eigenvalue weighted by molar-refractivity contribution is -0.115. The van der Waals surface area contributed by atoms with Crippen LogP contribution in [0.4, 0.5) is 15.1 Å². The van der Waals surface area contributed by atoms with E-state index in [2.05, 4.69) is 27.7 Å². The van der Waals surface area contributed by atoms with Gasteiger partial charge in [-0.3, -0.25) is 14.5 Å². The minimum absolute atomic E-state index is 0.0495. The van der Waals surface area contributed by atoms with Gasteiger partial charge in [-0.15, -0.1) is 23.1 Å². The summed E-state index contributed by atoms with van der Waals surface area (Å²) < 4.78 is 19.1. The Hall–Kier alpha value is -3.99. The molecule has 0 radical (unpaired) electrons. The van der Waals surface area contributed by atoms with Crippen LogP contribution in [0.15, 0.2) is 83.8 Å². The summed E-state index contributed by atoms with van der Waals surface area (Å²) in [5.74, 6) is -1.87. The van der Waals surface area contributed by atoms with Crippen LogP contribution in [0, 0.1) is 5.82 Å². The first-order valence-electron chi connectivity index (χ1n) is 13.4. The summed E-state index contributed by atoms with van der Waals surface area (Å²) in [6.07, 6.45) is 0.689. The van der Waals surface area contributed by atoms with Gasteiger partial charge in [0.15, 0.2) is 0 Å². The molecule has 2 heterocycles. The number of hydrogen-bond acceptors (Lipinski definition) is 7. The molecule has 2 amide bonds. The molecule has 0 saturated carbocycles. The molecule has 1 unspecified atom stereocenters. The van der Waals surface area contributed by atoms with Crippen molar-refractivity contribution in [3.63, 3.8) is 0 Å². The number of rotatable bonds is 9. The molecule has 7 nitrogen and oxygen atoms in total. The number of esters is 1. The van der Waals surface area contributed by atoms with E-state index in [4.69, 9.17) is 4.74 Å². The summed E-state index contributed by atoms with van der Waals surface area (Å²) in [5, 5.41) is 5.66. The fourth-order valence-corrected chi connectivity index (χ4v) is 7.01. The minimum atomic E-state index is -0.601. The Morgan fingerprint density at radius 1 is 1.02 bits per heavy atom. The fraction of sp³-hybridized carbons (Fsp3) is 0.219. The Morgan fingerprint density at radius 3 is 2.55 bits per heavy atom. The molecule has 0 bridgehead atoms. The number of thioether (sulfide) groups is 1. The Labute approximate surface area is 252 Å². The maximum Gasteiger partial charge on any atom is 0.341 e. The van der Waals surface area contributed by atoms with Gasteiger partial charge in [-0.2, -0.15) is 0 Å². The summed E-state index contributed by atoms with van der Waals surface area (Å²) in [4.78, 5) is 42.7. The lowest BCUT2D eigenvalue weighted by Crippen LogP contribution is -2.29. The number of methoxy groups -OCH3 is 1. The van der Waals surface area contributed by atoms with Crippen molar-refractivity contribution in [2.45, 2.75) is 36.6 Å². The van der Waals surface area contributed by atoms with Crippen molar-refractivity contribution in [3.8, 4) is 0 Å². The van der Waals surface area contributed by atoms with Crippen LogP contribution in [0.1, 0.15) is 43.6 Å². The zero-order valence-electron chi connectivity index (χ0n) is 23.2. The third kappa shape index (κ3) is 6.89. The first-order chi connectivity index (χ1) is 20.3. The minimum Gasteiger partial charge on any atom is -0.465 e. The van der Waals surface area contributed by atoms with Gasteiger partial charge in [0, 0.05) is 35.1 Å². The third-order valence-electron chi connectivity index (χ3n) is 6.90. The van der Waals surface area contributed by atoms with Crippen LogP contribution in [0.25, 0.3) is 0 Å². The Bertz CT molecular complexity index is 1610. The van der Waals surface area contributed by atoms with Gasteiger partial charge in [0.1, 0.15) is 10.8 Å².